The van der Waals surface area contributed by atoms with E-state index in [-0.39, 0.29) is 11.8 Å². The summed E-state index contributed by atoms with van der Waals surface area (Å²) in [6.07, 6.45) is 4.38. The van der Waals surface area contributed by atoms with Crippen LogP contribution in [-0.4, -0.2) is 29.4 Å². The normalized spacial score (nSPS) is 19.6. The van der Waals surface area contributed by atoms with Crippen molar-refractivity contribution in [2.24, 2.45) is 11.8 Å². The number of rotatable bonds is 5. The Hall–Kier alpha value is -2.63. The van der Waals surface area contributed by atoms with E-state index in [0.29, 0.717) is 30.6 Å². The zero-order chi connectivity index (χ0) is 17.7. The SMILES string of the molecule is CCNC(=O)c1ccc(C)c(NC(=O)[C@@H]2CC=CC[C@@H]2C(=O)O)c1. The summed E-state index contributed by atoms with van der Waals surface area (Å²) in [5.41, 5.74) is 1.80. The first-order valence-electron chi connectivity index (χ1n) is 8.01. The maximum absolute atomic E-state index is 12.5. The van der Waals surface area contributed by atoms with Gasteiger partial charge in [-0.1, -0.05) is 18.2 Å². The molecule has 128 valence electrons. The number of carbonyl (C=O) groups excluding carboxylic acids is 2. The number of carboxylic acid groups (broad SMARTS) is 1. The molecule has 6 heteroatoms. The maximum Gasteiger partial charge on any atom is 0.307 e. The number of carbonyl (C=O) groups is 3. The van der Waals surface area contributed by atoms with Crippen LogP contribution in [0.2, 0.25) is 0 Å². The second-order valence-corrected chi connectivity index (χ2v) is 5.87. The van der Waals surface area contributed by atoms with Crippen molar-refractivity contribution in [3.8, 4) is 0 Å². The summed E-state index contributed by atoms with van der Waals surface area (Å²) in [6, 6.07) is 5.07. The van der Waals surface area contributed by atoms with Gasteiger partial charge in [-0.3, -0.25) is 14.4 Å². The first-order valence-corrected chi connectivity index (χ1v) is 8.01. The summed E-state index contributed by atoms with van der Waals surface area (Å²) in [5.74, 6) is -2.84. The Morgan fingerprint density at radius 1 is 1.17 bits per heavy atom. The standard InChI is InChI=1S/C18H22N2O4/c1-3-19-16(21)12-9-8-11(2)15(10-12)20-17(22)13-6-4-5-7-14(13)18(23)24/h4-5,8-10,13-14H,3,6-7H2,1-2H3,(H,19,21)(H,20,22)(H,23,24)/t13-,14+/m1/s1. The monoisotopic (exact) mass is 330 g/mol. The lowest BCUT2D eigenvalue weighted by atomic mass is 9.82. The first kappa shape index (κ1) is 17.7. The molecule has 1 aromatic rings. The molecular weight excluding hydrogens is 308 g/mol. The maximum atomic E-state index is 12.5. The summed E-state index contributed by atoms with van der Waals surface area (Å²) >= 11 is 0. The molecule has 1 aromatic carbocycles. The molecule has 0 radical (unpaired) electrons. The lowest BCUT2D eigenvalue weighted by Crippen LogP contribution is -2.35. The van der Waals surface area contributed by atoms with Crippen LogP contribution in [0.5, 0.6) is 0 Å². The molecule has 2 atom stereocenters. The summed E-state index contributed by atoms with van der Waals surface area (Å²) in [4.78, 5) is 35.8. The van der Waals surface area contributed by atoms with Gasteiger partial charge in [-0.25, -0.2) is 0 Å². The molecule has 0 fully saturated rings. The number of allylic oxidation sites excluding steroid dienone is 2. The highest BCUT2D eigenvalue weighted by Crippen LogP contribution is 2.28. The van der Waals surface area contributed by atoms with Gasteiger partial charge in [0.05, 0.1) is 11.8 Å². The molecule has 0 unspecified atom stereocenters. The number of amides is 2. The van der Waals surface area contributed by atoms with Crippen molar-refractivity contribution in [3.05, 3.63) is 41.5 Å². The topological polar surface area (TPSA) is 95.5 Å². The number of hydrogen-bond acceptors (Lipinski definition) is 3. The molecule has 24 heavy (non-hydrogen) atoms. The van der Waals surface area contributed by atoms with E-state index in [1.165, 1.54) is 0 Å². The van der Waals surface area contributed by atoms with Crippen LogP contribution in [0, 0.1) is 18.8 Å². The minimum atomic E-state index is -0.965. The third-order valence-electron chi connectivity index (χ3n) is 4.18. The van der Waals surface area contributed by atoms with Crippen LogP contribution in [0.3, 0.4) is 0 Å². The molecule has 0 saturated carbocycles. The summed E-state index contributed by atoms with van der Waals surface area (Å²) < 4.78 is 0. The Bertz CT molecular complexity index is 682. The van der Waals surface area contributed by atoms with Gasteiger partial charge >= 0.3 is 5.97 Å². The molecule has 0 bridgehead atoms. The van der Waals surface area contributed by atoms with Gasteiger partial charge in [0.2, 0.25) is 5.91 Å². The van der Waals surface area contributed by atoms with Crippen molar-refractivity contribution < 1.29 is 19.5 Å². The highest BCUT2D eigenvalue weighted by Gasteiger charge is 2.34. The highest BCUT2D eigenvalue weighted by molar-refractivity contribution is 5.99. The third kappa shape index (κ3) is 4.01. The summed E-state index contributed by atoms with van der Waals surface area (Å²) in [6.45, 7) is 4.17. The molecular formula is C18H22N2O4. The van der Waals surface area contributed by atoms with Crippen LogP contribution in [0.1, 0.15) is 35.7 Å². The fourth-order valence-corrected chi connectivity index (χ4v) is 2.76. The van der Waals surface area contributed by atoms with Crippen LogP contribution in [0.15, 0.2) is 30.4 Å². The second kappa shape index (κ2) is 7.77. The number of nitrogens with one attached hydrogen (secondary N) is 2. The average Bonchev–Trinajstić information content (AvgIpc) is 2.56. The molecule has 2 amide bonds. The summed E-state index contributed by atoms with van der Waals surface area (Å²) in [5, 5.41) is 14.8. The van der Waals surface area contributed by atoms with Gasteiger partial charge < -0.3 is 15.7 Å². The Kier molecular flexibility index (Phi) is 5.73. The molecule has 1 aliphatic carbocycles. The molecule has 1 aliphatic rings. The molecule has 0 heterocycles. The fourth-order valence-electron chi connectivity index (χ4n) is 2.76. The molecule has 0 spiro atoms. The number of aliphatic carboxylic acids is 1. The van der Waals surface area contributed by atoms with Gasteiger partial charge in [0.1, 0.15) is 0 Å². The van der Waals surface area contributed by atoms with Gasteiger partial charge in [0, 0.05) is 17.8 Å². The van der Waals surface area contributed by atoms with Crippen molar-refractivity contribution in [1.82, 2.24) is 5.32 Å². The average molecular weight is 330 g/mol. The van der Waals surface area contributed by atoms with Gasteiger partial charge in [-0.15, -0.1) is 0 Å². The number of aryl methyl sites for hydroxylation is 1. The van der Waals surface area contributed by atoms with E-state index in [4.69, 9.17) is 0 Å². The molecule has 0 aromatic heterocycles. The number of hydrogen-bond donors (Lipinski definition) is 3. The lowest BCUT2D eigenvalue weighted by molar-refractivity contribution is -0.146. The minimum absolute atomic E-state index is 0.211. The van der Waals surface area contributed by atoms with E-state index < -0.39 is 17.8 Å². The van der Waals surface area contributed by atoms with E-state index in [1.807, 2.05) is 19.9 Å². The quantitative estimate of drug-likeness (QED) is 0.722. The highest BCUT2D eigenvalue weighted by atomic mass is 16.4. The van der Waals surface area contributed by atoms with Crippen molar-refractivity contribution >= 4 is 23.5 Å². The second-order valence-electron chi connectivity index (χ2n) is 5.87. The van der Waals surface area contributed by atoms with Crippen LogP contribution >= 0.6 is 0 Å². The van der Waals surface area contributed by atoms with Gasteiger partial charge in [-0.2, -0.15) is 0 Å². The first-order chi connectivity index (χ1) is 11.4. The molecule has 3 N–H and O–H groups in total. The largest absolute Gasteiger partial charge is 0.481 e. The minimum Gasteiger partial charge on any atom is -0.481 e. The third-order valence-corrected chi connectivity index (χ3v) is 4.18. The van der Waals surface area contributed by atoms with E-state index in [9.17, 15) is 19.5 Å². The van der Waals surface area contributed by atoms with E-state index in [1.54, 1.807) is 24.3 Å². The fraction of sp³-hybridized carbons (Fsp3) is 0.389. The van der Waals surface area contributed by atoms with Crippen molar-refractivity contribution in [1.29, 1.82) is 0 Å². The van der Waals surface area contributed by atoms with Crippen LogP contribution in [0.25, 0.3) is 0 Å². The Morgan fingerprint density at radius 2 is 1.83 bits per heavy atom. The molecule has 2 rings (SSSR count). The zero-order valence-corrected chi connectivity index (χ0v) is 13.8. The van der Waals surface area contributed by atoms with Crippen molar-refractivity contribution in [2.75, 3.05) is 11.9 Å². The molecule has 0 saturated heterocycles. The smallest absolute Gasteiger partial charge is 0.307 e. The van der Waals surface area contributed by atoms with E-state index >= 15 is 0 Å². The number of benzene rings is 1. The van der Waals surface area contributed by atoms with Crippen LogP contribution in [0.4, 0.5) is 5.69 Å². The predicted molar refractivity (Wildman–Crippen MR) is 90.8 cm³/mol. The van der Waals surface area contributed by atoms with Crippen molar-refractivity contribution in [2.45, 2.75) is 26.7 Å². The van der Waals surface area contributed by atoms with E-state index in [2.05, 4.69) is 10.6 Å². The van der Waals surface area contributed by atoms with Gasteiger partial charge in [0.25, 0.3) is 5.91 Å². The molecule has 6 nitrogen and oxygen atoms in total. The number of carboxylic acids is 1. The van der Waals surface area contributed by atoms with Crippen LogP contribution < -0.4 is 10.6 Å². The lowest BCUT2D eigenvalue weighted by Gasteiger charge is -2.24. The zero-order valence-electron chi connectivity index (χ0n) is 13.8. The Labute approximate surface area is 140 Å². The van der Waals surface area contributed by atoms with Gasteiger partial charge in [0.15, 0.2) is 0 Å². The summed E-state index contributed by atoms with van der Waals surface area (Å²) in [7, 11) is 0. The Morgan fingerprint density at radius 3 is 2.46 bits per heavy atom. The molecule has 0 aliphatic heterocycles. The predicted octanol–water partition coefficient (Wildman–Crippen LogP) is 2.35. The van der Waals surface area contributed by atoms with E-state index in [0.717, 1.165) is 5.56 Å². The van der Waals surface area contributed by atoms with Gasteiger partial charge in [-0.05, 0) is 44.4 Å². The Balaban J connectivity index is 2.19. The number of anilines is 1. The van der Waals surface area contributed by atoms with Crippen LogP contribution in [-0.2, 0) is 9.59 Å². The van der Waals surface area contributed by atoms with Crippen molar-refractivity contribution in [3.63, 3.8) is 0 Å².